The van der Waals surface area contributed by atoms with Crippen LogP contribution < -0.4 is 0 Å². The van der Waals surface area contributed by atoms with Crippen molar-refractivity contribution < 1.29 is 14.3 Å². The number of nitrogens with zero attached hydrogens (tertiary/aromatic N) is 1. The molecule has 0 aromatic heterocycles. The molecular weight excluding hydrogens is 313 g/mol. The number of amides is 1. The van der Waals surface area contributed by atoms with Gasteiger partial charge in [-0.05, 0) is 38.5 Å². The van der Waals surface area contributed by atoms with Crippen molar-refractivity contribution in [2.75, 3.05) is 13.7 Å². The number of rotatable bonds is 4. The highest BCUT2D eigenvalue weighted by Gasteiger charge is 2.69. The molecule has 0 aromatic rings. The lowest BCUT2D eigenvalue weighted by Crippen LogP contribution is -2.41. The van der Waals surface area contributed by atoms with Gasteiger partial charge < -0.3 is 9.64 Å². The maximum atomic E-state index is 12.1. The minimum Gasteiger partial charge on any atom is -0.455 e. The predicted molar refractivity (Wildman–Crippen MR) is 82.3 cm³/mol. The molecule has 0 aromatic carbocycles. The maximum Gasteiger partial charge on any atom is 0.315 e. The molecule has 0 radical (unpaired) electrons. The number of likely N-dealkylation sites (N-methyl/N-ethyl adjacent to an activating group) is 1. The van der Waals surface area contributed by atoms with Crippen LogP contribution >= 0.6 is 23.2 Å². The van der Waals surface area contributed by atoms with Crippen molar-refractivity contribution in [2.24, 2.45) is 11.3 Å². The van der Waals surface area contributed by atoms with Crippen LogP contribution in [0.1, 0.15) is 46.0 Å². The van der Waals surface area contributed by atoms with E-state index in [2.05, 4.69) is 6.92 Å². The summed E-state index contributed by atoms with van der Waals surface area (Å²) in [5, 5.41) is 0. The lowest BCUT2D eigenvalue weighted by atomic mass is 9.87. The highest BCUT2D eigenvalue weighted by molar-refractivity contribution is 6.53. The quantitative estimate of drug-likeness (QED) is 0.585. The number of alkyl halides is 2. The number of hydrogen-bond acceptors (Lipinski definition) is 3. The Hall–Kier alpha value is -0.480. The largest absolute Gasteiger partial charge is 0.455 e. The number of carbonyl (C=O) groups excluding carboxylic acids is 2. The van der Waals surface area contributed by atoms with Crippen LogP contribution in [0.4, 0.5) is 0 Å². The van der Waals surface area contributed by atoms with E-state index >= 15 is 0 Å². The van der Waals surface area contributed by atoms with Gasteiger partial charge in [0, 0.05) is 19.5 Å². The minimum absolute atomic E-state index is 0.165. The molecule has 2 saturated carbocycles. The Morgan fingerprint density at radius 3 is 2.24 bits per heavy atom. The van der Waals surface area contributed by atoms with E-state index < -0.39 is 15.7 Å². The number of carbonyl (C=O) groups is 2. The summed E-state index contributed by atoms with van der Waals surface area (Å²) in [4.78, 5) is 25.8. The highest BCUT2D eigenvalue weighted by atomic mass is 35.5. The average molecular weight is 336 g/mol. The normalized spacial score (nSPS) is 34.1. The topological polar surface area (TPSA) is 46.6 Å². The fraction of sp³-hybridized carbons (Fsp3) is 0.867. The molecule has 4 nitrogen and oxygen atoms in total. The van der Waals surface area contributed by atoms with Crippen molar-refractivity contribution in [1.29, 1.82) is 0 Å². The Morgan fingerprint density at radius 1 is 1.24 bits per heavy atom. The van der Waals surface area contributed by atoms with Crippen molar-refractivity contribution in [3.8, 4) is 0 Å². The second-order valence-electron chi connectivity index (χ2n) is 6.71. The summed E-state index contributed by atoms with van der Waals surface area (Å²) in [6.07, 6.45) is 4.68. The SMILES string of the molecule is CC1CCC(N(C)C(=O)COC(=O)C2(C)CC2(Cl)Cl)CC1. The number of ether oxygens (including phenoxy) is 1. The van der Waals surface area contributed by atoms with Gasteiger partial charge in [-0.15, -0.1) is 23.2 Å². The third-order valence-electron chi connectivity index (χ3n) is 4.96. The molecule has 2 aliphatic carbocycles. The predicted octanol–water partition coefficient (Wildman–Crippen LogP) is 3.15. The molecule has 1 amide bonds. The van der Waals surface area contributed by atoms with E-state index in [0.29, 0.717) is 6.42 Å². The van der Waals surface area contributed by atoms with Crippen LogP contribution in [0.25, 0.3) is 0 Å². The number of hydrogen-bond donors (Lipinski definition) is 0. The van der Waals surface area contributed by atoms with E-state index in [4.69, 9.17) is 27.9 Å². The molecule has 0 N–H and O–H groups in total. The molecular formula is C15H23Cl2NO3. The van der Waals surface area contributed by atoms with Gasteiger partial charge in [-0.3, -0.25) is 9.59 Å². The molecule has 0 heterocycles. The fourth-order valence-corrected chi connectivity index (χ4v) is 3.53. The van der Waals surface area contributed by atoms with Crippen LogP contribution in [-0.2, 0) is 14.3 Å². The Labute approximate surface area is 136 Å². The number of esters is 1. The summed E-state index contributed by atoms with van der Waals surface area (Å²) in [5.41, 5.74) is -0.880. The zero-order chi connectivity index (χ0) is 15.8. The monoisotopic (exact) mass is 335 g/mol. The van der Waals surface area contributed by atoms with E-state index in [1.54, 1.807) is 18.9 Å². The molecule has 0 saturated heterocycles. The molecule has 120 valence electrons. The summed E-state index contributed by atoms with van der Waals surface area (Å²) >= 11 is 11.9. The zero-order valence-electron chi connectivity index (χ0n) is 12.8. The third kappa shape index (κ3) is 3.48. The summed E-state index contributed by atoms with van der Waals surface area (Å²) in [6, 6.07) is 0.254. The molecule has 2 rings (SSSR count). The Bertz CT molecular complexity index is 433. The molecule has 1 unspecified atom stereocenters. The first-order chi connectivity index (χ1) is 9.67. The first-order valence-corrected chi connectivity index (χ1v) is 8.23. The first-order valence-electron chi connectivity index (χ1n) is 7.48. The van der Waals surface area contributed by atoms with E-state index in [1.165, 1.54) is 0 Å². The van der Waals surface area contributed by atoms with E-state index in [-0.39, 0.29) is 18.6 Å². The third-order valence-corrected chi connectivity index (χ3v) is 6.06. The summed E-state index contributed by atoms with van der Waals surface area (Å²) < 4.78 is 4.04. The average Bonchev–Trinajstić information content (AvgIpc) is 2.96. The smallest absolute Gasteiger partial charge is 0.315 e. The molecule has 2 fully saturated rings. The zero-order valence-corrected chi connectivity index (χ0v) is 14.3. The standard InChI is InChI=1S/C15H23Cl2NO3/c1-10-4-6-11(7-5-10)18(3)12(19)8-21-13(20)14(2)9-15(14,16)17/h10-11H,4-9H2,1-3H3. The summed E-state index contributed by atoms with van der Waals surface area (Å²) in [5.74, 6) is 0.0753. The second-order valence-corrected chi connectivity index (χ2v) is 8.19. The van der Waals surface area contributed by atoms with Crippen LogP contribution in [0.3, 0.4) is 0 Å². The molecule has 0 aliphatic heterocycles. The molecule has 0 spiro atoms. The Morgan fingerprint density at radius 2 is 1.76 bits per heavy atom. The Balaban J connectivity index is 1.78. The summed E-state index contributed by atoms with van der Waals surface area (Å²) in [7, 11) is 1.78. The van der Waals surface area contributed by atoms with Crippen LogP contribution in [0.2, 0.25) is 0 Å². The van der Waals surface area contributed by atoms with Crippen molar-refractivity contribution >= 4 is 35.1 Å². The van der Waals surface area contributed by atoms with E-state index in [0.717, 1.165) is 31.6 Å². The van der Waals surface area contributed by atoms with Crippen molar-refractivity contribution in [2.45, 2.75) is 56.3 Å². The van der Waals surface area contributed by atoms with Gasteiger partial charge in [-0.25, -0.2) is 0 Å². The van der Waals surface area contributed by atoms with Gasteiger partial charge in [-0.1, -0.05) is 6.92 Å². The van der Waals surface area contributed by atoms with E-state index in [9.17, 15) is 9.59 Å². The van der Waals surface area contributed by atoms with Crippen LogP contribution in [-0.4, -0.2) is 40.8 Å². The lowest BCUT2D eigenvalue weighted by Gasteiger charge is -2.33. The van der Waals surface area contributed by atoms with Gasteiger partial charge in [0.2, 0.25) is 0 Å². The lowest BCUT2D eigenvalue weighted by molar-refractivity contribution is -0.156. The molecule has 2 aliphatic rings. The van der Waals surface area contributed by atoms with Crippen LogP contribution in [0.5, 0.6) is 0 Å². The van der Waals surface area contributed by atoms with Crippen molar-refractivity contribution in [3.63, 3.8) is 0 Å². The van der Waals surface area contributed by atoms with Gasteiger partial charge >= 0.3 is 5.97 Å². The van der Waals surface area contributed by atoms with Gasteiger partial charge in [0.05, 0.1) is 0 Å². The molecule has 0 bridgehead atoms. The Kier molecular flexibility index (Phi) is 4.79. The van der Waals surface area contributed by atoms with Crippen LogP contribution in [0.15, 0.2) is 0 Å². The maximum absolute atomic E-state index is 12.1. The molecule has 1 atom stereocenters. The van der Waals surface area contributed by atoms with Crippen molar-refractivity contribution in [1.82, 2.24) is 4.90 Å². The van der Waals surface area contributed by atoms with Gasteiger partial charge in [-0.2, -0.15) is 0 Å². The second kappa shape index (κ2) is 5.96. The van der Waals surface area contributed by atoms with Gasteiger partial charge in [0.15, 0.2) is 6.61 Å². The first kappa shape index (κ1) is 16.9. The highest BCUT2D eigenvalue weighted by Crippen LogP contribution is 2.64. The fourth-order valence-electron chi connectivity index (χ4n) is 2.84. The molecule has 21 heavy (non-hydrogen) atoms. The summed E-state index contributed by atoms with van der Waals surface area (Å²) in [6.45, 7) is 3.66. The van der Waals surface area contributed by atoms with Gasteiger partial charge in [0.25, 0.3) is 5.91 Å². The van der Waals surface area contributed by atoms with Gasteiger partial charge in [0.1, 0.15) is 9.75 Å². The van der Waals surface area contributed by atoms with Crippen molar-refractivity contribution in [3.05, 3.63) is 0 Å². The molecule has 6 heteroatoms. The van der Waals surface area contributed by atoms with E-state index in [1.807, 2.05) is 0 Å². The van der Waals surface area contributed by atoms with Crippen LogP contribution in [0, 0.1) is 11.3 Å². The number of halogens is 2. The minimum atomic E-state index is -1.06.